The summed E-state index contributed by atoms with van der Waals surface area (Å²) in [6, 6.07) is 2.57. The molecule has 1 fully saturated rings. The van der Waals surface area contributed by atoms with E-state index in [9.17, 15) is 5.11 Å². The Morgan fingerprint density at radius 2 is 2.12 bits per heavy atom. The van der Waals surface area contributed by atoms with Crippen LogP contribution in [-0.2, 0) is 6.54 Å². The van der Waals surface area contributed by atoms with E-state index in [1.165, 1.54) is 5.56 Å². The molecule has 96 valence electrons. The summed E-state index contributed by atoms with van der Waals surface area (Å²) >= 11 is 1.77. The van der Waals surface area contributed by atoms with Crippen LogP contribution in [0.2, 0.25) is 0 Å². The van der Waals surface area contributed by atoms with E-state index in [-0.39, 0.29) is 0 Å². The van der Waals surface area contributed by atoms with E-state index in [1.807, 2.05) is 0 Å². The maximum atomic E-state index is 9.30. The molecule has 1 aromatic heterocycles. The van der Waals surface area contributed by atoms with Crippen molar-refractivity contribution in [2.45, 2.75) is 25.9 Å². The Morgan fingerprint density at radius 1 is 1.35 bits per heavy atom. The van der Waals surface area contributed by atoms with Gasteiger partial charge in [0.05, 0.1) is 6.61 Å². The van der Waals surface area contributed by atoms with Gasteiger partial charge >= 0.3 is 0 Å². The van der Waals surface area contributed by atoms with E-state index >= 15 is 0 Å². The normalized spacial score (nSPS) is 20.6. The molecule has 0 aromatic carbocycles. The first-order chi connectivity index (χ1) is 8.33. The second-order valence-electron chi connectivity index (χ2n) is 4.69. The van der Waals surface area contributed by atoms with Crippen LogP contribution in [0, 0.1) is 0 Å². The van der Waals surface area contributed by atoms with Crippen LogP contribution in [0.25, 0.3) is 0 Å². The zero-order valence-corrected chi connectivity index (χ0v) is 11.3. The van der Waals surface area contributed by atoms with E-state index in [2.05, 4.69) is 33.6 Å². The zero-order chi connectivity index (χ0) is 12.1. The molecule has 2 rings (SSSR count). The summed E-state index contributed by atoms with van der Waals surface area (Å²) < 4.78 is 0. The minimum Gasteiger partial charge on any atom is -0.395 e. The van der Waals surface area contributed by atoms with Crippen LogP contribution >= 0.6 is 11.3 Å². The first-order valence-electron chi connectivity index (χ1n) is 6.41. The average Bonchev–Trinajstić information content (AvgIpc) is 2.86. The molecule has 0 bridgehead atoms. The highest BCUT2D eigenvalue weighted by Gasteiger charge is 2.22. The molecule has 1 aliphatic rings. The Kier molecular flexibility index (Phi) is 4.98. The lowest BCUT2D eigenvalue weighted by Gasteiger charge is -2.38. The fraction of sp³-hybridized carbons (Fsp3) is 0.692. The largest absolute Gasteiger partial charge is 0.395 e. The van der Waals surface area contributed by atoms with Crippen LogP contribution < -0.4 is 0 Å². The number of piperazine rings is 1. The molecule has 0 amide bonds. The Hall–Kier alpha value is -0.420. The second-order valence-corrected chi connectivity index (χ2v) is 5.47. The number of hydrogen-bond donors (Lipinski definition) is 1. The maximum Gasteiger partial charge on any atom is 0.0586 e. The lowest BCUT2D eigenvalue weighted by Crippen LogP contribution is -2.50. The lowest BCUT2D eigenvalue weighted by atomic mass is 10.1. The minimum atomic E-state index is 0.293. The number of aliphatic hydroxyl groups excluding tert-OH is 1. The van der Waals surface area contributed by atoms with Crippen molar-refractivity contribution in [1.82, 2.24) is 9.80 Å². The number of hydrogen-bond acceptors (Lipinski definition) is 4. The number of thiophene rings is 1. The summed E-state index contributed by atoms with van der Waals surface area (Å²) in [6.45, 7) is 7.93. The van der Waals surface area contributed by atoms with E-state index in [0.717, 1.165) is 39.1 Å². The quantitative estimate of drug-likeness (QED) is 0.865. The lowest BCUT2D eigenvalue weighted by molar-refractivity contribution is 0.0609. The van der Waals surface area contributed by atoms with Gasteiger partial charge in [-0.1, -0.05) is 6.92 Å². The molecule has 1 unspecified atom stereocenters. The molecule has 3 nitrogen and oxygen atoms in total. The van der Waals surface area contributed by atoms with Crippen molar-refractivity contribution in [1.29, 1.82) is 0 Å². The van der Waals surface area contributed by atoms with Crippen molar-refractivity contribution >= 4 is 11.3 Å². The van der Waals surface area contributed by atoms with E-state index < -0.39 is 0 Å². The van der Waals surface area contributed by atoms with Crippen LogP contribution in [0.15, 0.2) is 16.8 Å². The van der Waals surface area contributed by atoms with Gasteiger partial charge in [-0.15, -0.1) is 0 Å². The van der Waals surface area contributed by atoms with Crippen molar-refractivity contribution in [2.24, 2.45) is 0 Å². The van der Waals surface area contributed by atoms with Gasteiger partial charge in [0.1, 0.15) is 0 Å². The van der Waals surface area contributed by atoms with Gasteiger partial charge in [-0.2, -0.15) is 11.3 Å². The summed E-state index contributed by atoms with van der Waals surface area (Å²) in [5, 5.41) is 13.7. The van der Waals surface area contributed by atoms with Gasteiger partial charge in [-0.25, -0.2) is 0 Å². The van der Waals surface area contributed by atoms with Crippen LogP contribution in [0.1, 0.15) is 18.9 Å². The van der Waals surface area contributed by atoms with Crippen LogP contribution in [-0.4, -0.2) is 53.7 Å². The predicted molar refractivity (Wildman–Crippen MR) is 72.3 cm³/mol. The van der Waals surface area contributed by atoms with Crippen molar-refractivity contribution in [3.05, 3.63) is 22.4 Å². The van der Waals surface area contributed by atoms with Crippen LogP contribution in [0.5, 0.6) is 0 Å². The highest BCUT2D eigenvalue weighted by molar-refractivity contribution is 7.07. The molecule has 4 heteroatoms. The third kappa shape index (κ3) is 3.52. The van der Waals surface area contributed by atoms with Gasteiger partial charge in [0, 0.05) is 38.8 Å². The molecular weight excluding hydrogens is 232 g/mol. The van der Waals surface area contributed by atoms with E-state index in [4.69, 9.17) is 0 Å². The fourth-order valence-electron chi connectivity index (χ4n) is 2.43. The first-order valence-corrected chi connectivity index (χ1v) is 7.36. The molecule has 1 atom stereocenters. The Labute approximate surface area is 108 Å². The van der Waals surface area contributed by atoms with Crippen molar-refractivity contribution in [3.8, 4) is 0 Å². The molecule has 0 spiro atoms. The third-order valence-corrected chi connectivity index (χ3v) is 4.32. The molecule has 0 saturated carbocycles. The standard InChI is InChI=1S/C13H22N2OS/c1-2-13(10-16)15-6-4-14(5-7-15)9-12-3-8-17-11-12/h3,8,11,13,16H,2,4-7,9-10H2,1H3. The predicted octanol–water partition coefficient (Wildman–Crippen LogP) is 1.64. The molecule has 2 heterocycles. The van der Waals surface area contributed by atoms with E-state index in [1.54, 1.807) is 11.3 Å². The smallest absolute Gasteiger partial charge is 0.0586 e. The van der Waals surface area contributed by atoms with Gasteiger partial charge in [0.25, 0.3) is 0 Å². The Balaban J connectivity index is 1.78. The molecule has 17 heavy (non-hydrogen) atoms. The topological polar surface area (TPSA) is 26.7 Å². The monoisotopic (exact) mass is 254 g/mol. The molecule has 1 aliphatic heterocycles. The van der Waals surface area contributed by atoms with Gasteiger partial charge in [0.15, 0.2) is 0 Å². The Bertz CT molecular complexity index is 303. The van der Waals surface area contributed by atoms with Crippen LogP contribution in [0.4, 0.5) is 0 Å². The Morgan fingerprint density at radius 3 is 2.65 bits per heavy atom. The summed E-state index contributed by atoms with van der Waals surface area (Å²) in [5.41, 5.74) is 1.43. The summed E-state index contributed by atoms with van der Waals surface area (Å²) in [6.07, 6.45) is 1.04. The maximum absolute atomic E-state index is 9.30. The number of nitrogens with zero attached hydrogens (tertiary/aromatic N) is 2. The molecule has 0 radical (unpaired) electrons. The third-order valence-electron chi connectivity index (χ3n) is 3.59. The van der Waals surface area contributed by atoms with E-state index in [0.29, 0.717) is 12.6 Å². The number of aliphatic hydroxyl groups is 1. The van der Waals surface area contributed by atoms with Gasteiger partial charge in [0.2, 0.25) is 0 Å². The molecule has 0 aliphatic carbocycles. The summed E-state index contributed by atoms with van der Waals surface area (Å²) in [5.74, 6) is 0. The molecule has 1 N–H and O–H groups in total. The first kappa shape index (κ1) is 13.0. The zero-order valence-electron chi connectivity index (χ0n) is 10.5. The summed E-state index contributed by atoms with van der Waals surface area (Å²) in [7, 11) is 0. The molecular formula is C13H22N2OS. The highest BCUT2D eigenvalue weighted by Crippen LogP contribution is 2.13. The van der Waals surface area contributed by atoms with Crippen molar-refractivity contribution in [3.63, 3.8) is 0 Å². The van der Waals surface area contributed by atoms with Gasteiger partial charge < -0.3 is 5.11 Å². The molecule has 1 saturated heterocycles. The SMILES string of the molecule is CCC(CO)N1CCN(Cc2ccsc2)CC1. The van der Waals surface area contributed by atoms with Crippen molar-refractivity contribution < 1.29 is 5.11 Å². The summed E-state index contributed by atoms with van der Waals surface area (Å²) in [4.78, 5) is 4.92. The minimum absolute atomic E-state index is 0.293. The van der Waals surface area contributed by atoms with Crippen LogP contribution in [0.3, 0.4) is 0 Å². The second kappa shape index (κ2) is 6.50. The van der Waals surface area contributed by atoms with Gasteiger partial charge in [-0.3, -0.25) is 9.80 Å². The highest BCUT2D eigenvalue weighted by atomic mass is 32.1. The average molecular weight is 254 g/mol. The number of rotatable bonds is 5. The molecule has 1 aromatic rings. The van der Waals surface area contributed by atoms with Crippen molar-refractivity contribution in [2.75, 3.05) is 32.8 Å². The fourth-order valence-corrected chi connectivity index (χ4v) is 3.09. The van der Waals surface area contributed by atoms with Gasteiger partial charge in [-0.05, 0) is 28.8 Å².